The Bertz CT molecular complexity index is 880. The van der Waals surface area contributed by atoms with Crippen LogP contribution >= 0.6 is 0 Å². The van der Waals surface area contributed by atoms with E-state index in [1.54, 1.807) is 0 Å². The van der Waals surface area contributed by atoms with E-state index in [1.165, 1.54) is 0 Å². The van der Waals surface area contributed by atoms with Gasteiger partial charge < -0.3 is 20.1 Å². The Morgan fingerprint density at radius 3 is 2.32 bits per heavy atom. The maximum Gasteiger partial charge on any atom is 0.243 e. The van der Waals surface area contributed by atoms with Gasteiger partial charge in [0.05, 0.1) is 18.8 Å². The van der Waals surface area contributed by atoms with Crippen LogP contribution in [0.25, 0.3) is 0 Å². The minimum absolute atomic E-state index is 0.142. The van der Waals surface area contributed by atoms with Crippen molar-refractivity contribution >= 4 is 17.3 Å². The number of hydrogen-bond donors (Lipinski definition) is 2. The summed E-state index contributed by atoms with van der Waals surface area (Å²) in [6.45, 7) is 3.14. The van der Waals surface area contributed by atoms with Gasteiger partial charge in [0.25, 0.3) is 0 Å². The average molecular weight is 376 g/mol. The monoisotopic (exact) mass is 376 g/mol. The number of carbonyl (C=O) groups excluding carboxylic acids is 1. The second-order valence-electron chi connectivity index (χ2n) is 6.13. The van der Waals surface area contributed by atoms with Crippen LogP contribution < -0.4 is 20.1 Å². The van der Waals surface area contributed by atoms with Crippen LogP contribution in [0.2, 0.25) is 0 Å². The van der Waals surface area contributed by atoms with E-state index in [9.17, 15) is 4.79 Å². The van der Waals surface area contributed by atoms with E-state index in [0.29, 0.717) is 24.7 Å². The molecule has 5 heteroatoms. The molecule has 0 saturated heterocycles. The zero-order valence-corrected chi connectivity index (χ0v) is 15.9. The van der Waals surface area contributed by atoms with Crippen molar-refractivity contribution in [2.45, 2.75) is 13.5 Å². The molecule has 3 aromatic rings. The highest BCUT2D eigenvalue weighted by molar-refractivity contribution is 5.95. The van der Waals surface area contributed by atoms with E-state index in [1.807, 2.05) is 85.8 Å². The van der Waals surface area contributed by atoms with Crippen molar-refractivity contribution < 1.29 is 14.3 Å². The van der Waals surface area contributed by atoms with E-state index < -0.39 is 0 Å². The second kappa shape index (κ2) is 10.0. The summed E-state index contributed by atoms with van der Waals surface area (Å²) in [6, 6.07) is 25.0. The first-order valence-corrected chi connectivity index (χ1v) is 9.27. The van der Waals surface area contributed by atoms with E-state index >= 15 is 0 Å². The second-order valence-corrected chi connectivity index (χ2v) is 6.13. The van der Waals surface area contributed by atoms with Gasteiger partial charge in [0.2, 0.25) is 5.91 Å². The van der Waals surface area contributed by atoms with Crippen molar-refractivity contribution in [2.75, 3.05) is 23.8 Å². The van der Waals surface area contributed by atoms with Crippen molar-refractivity contribution in [2.24, 2.45) is 0 Å². The summed E-state index contributed by atoms with van der Waals surface area (Å²) in [5, 5.41) is 5.97. The van der Waals surface area contributed by atoms with Gasteiger partial charge in [-0.2, -0.15) is 0 Å². The highest BCUT2D eigenvalue weighted by Gasteiger charge is 2.07. The van der Waals surface area contributed by atoms with Crippen LogP contribution in [0.4, 0.5) is 11.4 Å². The average Bonchev–Trinajstić information content (AvgIpc) is 2.74. The SMILES string of the molecule is CCOc1ccccc1NC(=O)CNc1ccc(OCc2ccccc2)cc1. The lowest BCUT2D eigenvalue weighted by Crippen LogP contribution is -2.22. The predicted octanol–water partition coefficient (Wildman–Crippen LogP) is 4.71. The van der Waals surface area contributed by atoms with Crippen molar-refractivity contribution in [3.63, 3.8) is 0 Å². The van der Waals surface area contributed by atoms with Crippen molar-refractivity contribution in [3.05, 3.63) is 84.4 Å². The fraction of sp³-hybridized carbons (Fsp3) is 0.174. The maximum atomic E-state index is 12.2. The van der Waals surface area contributed by atoms with Crippen LogP contribution in [0.3, 0.4) is 0 Å². The largest absolute Gasteiger partial charge is 0.492 e. The Balaban J connectivity index is 1.47. The Kier molecular flexibility index (Phi) is 6.90. The molecule has 0 aliphatic heterocycles. The van der Waals surface area contributed by atoms with Gasteiger partial charge in [-0.15, -0.1) is 0 Å². The van der Waals surface area contributed by atoms with Gasteiger partial charge >= 0.3 is 0 Å². The van der Waals surface area contributed by atoms with Crippen LogP contribution in [0.15, 0.2) is 78.9 Å². The number of ether oxygens (including phenoxy) is 2. The minimum Gasteiger partial charge on any atom is -0.492 e. The number of hydrogen-bond acceptors (Lipinski definition) is 4. The highest BCUT2D eigenvalue weighted by Crippen LogP contribution is 2.23. The third-order valence-corrected chi connectivity index (χ3v) is 4.02. The zero-order valence-electron chi connectivity index (χ0n) is 15.9. The number of anilines is 2. The first-order valence-electron chi connectivity index (χ1n) is 9.27. The molecule has 0 aromatic heterocycles. The first-order chi connectivity index (χ1) is 13.7. The van der Waals surface area contributed by atoms with Gasteiger partial charge in [0, 0.05) is 5.69 Å². The highest BCUT2D eigenvalue weighted by atomic mass is 16.5. The van der Waals surface area contributed by atoms with Crippen LogP contribution in [0, 0.1) is 0 Å². The standard InChI is InChI=1S/C23H24N2O3/c1-2-27-22-11-7-6-10-21(22)25-23(26)16-24-19-12-14-20(15-13-19)28-17-18-8-4-3-5-9-18/h3-15,24H,2,16-17H2,1H3,(H,25,26). The smallest absolute Gasteiger partial charge is 0.243 e. The molecule has 28 heavy (non-hydrogen) atoms. The number of nitrogens with one attached hydrogen (secondary N) is 2. The molecule has 0 atom stereocenters. The van der Waals surface area contributed by atoms with Crippen LogP contribution in [0.5, 0.6) is 11.5 Å². The molecule has 0 bridgehead atoms. The van der Waals surface area contributed by atoms with E-state index in [2.05, 4.69) is 10.6 Å². The number of para-hydroxylation sites is 2. The minimum atomic E-state index is -0.142. The van der Waals surface area contributed by atoms with Crippen molar-refractivity contribution in [1.82, 2.24) is 0 Å². The maximum absolute atomic E-state index is 12.2. The predicted molar refractivity (Wildman–Crippen MR) is 112 cm³/mol. The molecule has 1 amide bonds. The fourth-order valence-corrected chi connectivity index (χ4v) is 2.64. The number of benzene rings is 3. The van der Waals surface area contributed by atoms with Crippen molar-refractivity contribution in [1.29, 1.82) is 0 Å². The Morgan fingerprint density at radius 2 is 1.57 bits per heavy atom. The van der Waals surface area contributed by atoms with Gasteiger partial charge in [-0.25, -0.2) is 0 Å². The molecule has 0 spiro atoms. The Hall–Kier alpha value is -3.47. The summed E-state index contributed by atoms with van der Waals surface area (Å²) >= 11 is 0. The topological polar surface area (TPSA) is 59.6 Å². The molecule has 0 radical (unpaired) electrons. The van der Waals surface area contributed by atoms with Crippen LogP contribution in [0.1, 0.15) is 12.5 Å². The summed E-state index contributed by atoms with van der Waals surface area (Å²) < 4.78 is 11.3. The lowest BCUT2D eigenvalue weighted by molar-refractivity contribution is -0.114. The lowest BCUT2D eigenvalue weighted by Gasteiger charge is -2.12. The van der Waals surface area contributed by atoms with Gasteiger partial charge in [0.1, 0.15) is 18.1 Å². The molecule has 0 aliphatic rings. The summed E-state index contributed by atoms with van der Waals surface area (Å²) in [4.78, 5) is 12.2. The molecular formula is C23H24N2O3. The number of amides is 1. The van der Waals surface area contributed by atoms with Crippen LogP contribution in [-0.4, -0.2) is 19.1 Å². The van der Waals surface area contributed by atoms with Gasteiger partial charge in [-0.1, -0.05) is 42.5 Å². The molecule has 3 aromatic carbocycles. The number of rotatable bonds is 9. The summed E-state index contributed by atoms with van der Waals surface area (Å²) in [7, 11) is 0. The molecule has 0 saturated carbocycles. The third kappa shape index (κ3) is 5.77. The molecule has 0 unspecified atom stereocenters. The molecule has 3 rings (SSSR count). The van der Waals surface area contributed by atoms with Crippen LogP contribution in [-0.2, 0) is 11.4 Å². The molecular weight excluding hydrogens is 352 g/mol. The van der Waals surface area contributed by atoms with Gasteiger partial charge in [-0.3, -0.25) is 4.79 Å². The lowest BCUT2D eigenvalue weighted by atomic mass is 10.2. The Morgan fingerprint density at radius 1 is 0.857 bits per heavy atom. The zero-order chi connectivity index (χ0) is 19.6. The van der Waals surface area contributed by atoms with E-state index in [0.717, 1.165) is 17.0 Å². The molecule has 5 nitrogen and oxygen atoms in total. The molecule has 144 valence electrons. The van der Waals surface area contributed by atoms with Gasteiger partial charge in [-0.05, 0) is 48.9 Å². The van der Waals surface area contributed by atoms with Gasteiger partial charge in [0.15, 0.2) is 0 Å². The van der Waals surface area contributed by atoms with E-state index in [-0.39, 0.29) is 12.5 Å². The van der Waals surface area contributed by atoms with Crippen molar-refractivity contribution in [3.8, 4) is 11.5 Å². The summed E-state index contributed by atoms with van der Waals surface area (Å²) in [5.74, 6) is 1.30. The molecule has 0 heterocycles. The Labute approximate surface area is 165 Å². The summed E-state index contributed by atoms with van der Waals surface area (Å²) in [6.07, 6.45) is 0. The normalized spacial score (nSPS) is 10.2. The molecule has 0 aliphatic carbocycles. The molecule has 2 N–H and O–H groups in total. The summed E-state index contributed by atoms with van der Waals surface area (Å²) in [5.41, 5.74) is 2.63. The quantitative estimate of drug-likeness (QED) is 0.568. The van der Waals surface area contributed by atoms with E-state index in [4.69, 9.17) is 9.47 Å². The fourth-order valence-electron chi connectivity index (χ4n) is 2.64. The first kappa shape index (κ1) is 19.3. The third-order valence-electron chi connectivity index (χ3n) is 4.02. The molecule has 0 fully saturated rings. The number of carbonyl (C=O) groups is 1.